The highest BCUT2D eigenvalue weighted by molar-refractivity contribution is 5.74. The maximum absolute atomic E-state index is 5.80. The number of allylic oxidation sites excluding steroid dienone is 4. The van der Waals surface area contributed by atoms with Gasteiger partial charge in [0.15, 0.2) is 0 Å². The van der Waals surface area contributed by atoms with Crippen LogP contribution in [-0.4, -0.2) is 13.7 Å². The summed E-state index contributed by atoms with van der Waals surface area (Å²) in [5, 5.41) is 0. The molecule has 2 aliphatic rings. The first-order valence-electron chi connectivity index (χ1n) is 6.73. The Morgan fingerprint density at radius 2 is 2.11 bits per heavy atom. The van der Waals surface area contributed by atoms with E-state index < -0.39 is 0 Å². The third kappa shape index (κ3) is 2.43. The van der Waals surface area contributed by atoms with Crippen LogP contribution in [0.1, 0.15) is 18.4 Å². The Morgan fingerprint density at radius 1 is 1.21 bits per heavy atom. The Bertz CT molecular complexity index is 552. The summed E-state index contributed by atoms with van der Waals surface area (Å²) in [5.74, 6) is 2.37. The van der Waals surface area contributed by atoms with Crippen LogP contribution < -0.4 is 4.74 Å². The SMILES string of the molecule is COC1=CCC(C2=CCCOc3ccccc32)C=C1. The van der Waals surface area contributed by atoms with E-state index in [-0.39, 0.29) is 0 Å². The molecule has 1 aromatic carbocycles. The first-order valence-corrected chi connectivity index (χ1v) is 6.73. The molecule has 0 saturated heterocycles. The Labute approximate surface area is 114 Å². The molecule has 3 rings (SSSR count). The smallest absolute Gasteiger partial charge is 0.126 e. The molecule has 0 fully saturated rings. The fourth-order valence-corrected chi connectivity index (χ4v) is 2.66. The van der Waals surface area contributed by atoms with Crippen molar-refractivity contribution in [1.29, 1.82) is 0 Å². The van der Waals surface area contributed by atoms with Gasteiger partial charge in [0.1, 0.15) is 11.5 Å². The molecule has 1 aliphatic heterocycles. The minimum atomic E-state index is 0.418. The maximum atomic E-state index is 5.80. The normalized spacial score (nSPS) is 21.6. The zero-order chi connectivity index (χ0) is 13.1. The molecular weight excluding hydrogens is 236 g/mol. The first-order chi connectivity index (χ1) is 9.38. The molecule has 19 heavy (non-hydrogen) atoms. The number of para-hydroxylation sites is 1. The van der Waals surface area contributed by atoms with Gasteiger partial charge in [-0.3, -0.25) is 0 Å². The highest BCUT2D eigenvalue weighted by Gasteiger charge is 2.20. The molecule has 2 nitrogen and oxygen atoms in total. The van der Waals surface area contributed by atoms with E-state index in [0.717, 1.165) is 31.0 Å². The number of methoxy groups -OCH3 is 1. The van der Waals surface area contributed by atoms with Gasteiger partial charge in [-0.25, -0.2) is 0 Å². The Hall–Kier alpha value is -1.96. The molecule has 1 aliphatic carbocycles. The summed E-state index contributed by atoms with van der Waals surface area (Å²) in [6.07, 6.45) is 10.7. The molecule has 0 radical (unpaired) electrons. The van der Waals surface area contributed by atoms with Crippen LogP contribution in [0, 0.1) is 5.92 Å². The summed E-state index contributed by atoms with van der Waals surface area (Å²) < 4.78 is 11.0. The van der Waals surface area contributed by atoms with Crippen LogP contribution >= 0.6 is 0 Å². The van der Waals surface area contributed by atoms with Crippen molar-refractivity contribution in [3.8, 4) is 5.75 Å². The fraction of sp³-hybridized carbons (Fsp3) is 0.294. The minimum Gasteiger partial charge on any atom is -0.497 e. The lowest BCUT2D eigenvalue weighted by molar-refractivity contribution is 0.302. The second-order valence-corrected chi connectivity index (χ2v) is 4.80. The highest BCUT2D eigenvalue weighted by Crippen LogP contribution is 2.37. The number of hydrogen-bond donors (Lipinski definition) is 0. The minimum absolute atomic E-state index is 0.418. The lowest BCUT2D eigenvalue weighted by Gasteiger charge is -2.20. The van der Waals surface area contributed by atoms with Gasteiger partial charge < -0.3 is 9.47 Å². The highest BCUT2D eigenvalue weighted by atomic mass is 16.5. The zero-order valence-electron chi connectivity index (χ0n) is 11.1. The molecule has 0 N–H and O–H groups in total. The van der Waals surface area contributed by atoms with Gasteiger partial charge in [0.2, 0.25) is 0 Å². The molecule has 0 aromatic heterocycles. The molecule has 0 bridgehead atoms. The average molecular weight is 254 g/mol. The zero-order valence-corrected chi connectivity index (χ0v) is 11.1. The Morgan fingerprint density at radius 3 is 2.89 bits per heavy atom. The molecule has 0 saturated carbocycles. The number of ether oxygens (including phenoxy) is 2. The van der Waals surface area contributed by atoms with E-state index in [1.807, 2.05) is 6.07 Å². The second-order valence-electron chi connectivity index (χ2n) is 4.80. The van der Waals surface area contributed by atoms with Crippen molar-refractivity contribution in [2.75, 3.05) is 13.7 Å². The Balaban J connectivity index is 1.91. The van der Waals surface area contributed by atoms with Crippen molar-refractivity contribution in [3.05, 3.63) is 59.9 Å². The third-order valence-corrected chi connectivity index (χ3v) is 3.64. The molecule has 1 aromatic rings. The summed E-state index contributed by atoms with van der Waals surface area (Å²) in [4.78, 5) is 0. The fourth-order valence-electron chi connectivity index (χ4n) is 2.66. The first kappa shape index (κ1) is 12.1. The summed E-state index contributed by atoms with van der Waals surface area (Å²) in [6.45, 7) is 0.760. The van der Waals surface area contributed by atoms with Gasteiger partial charge in [0.25, 0.3) is 0 Å². The van der Waals surface area contributed by atoms with Crippen LogP contribution in [0.15, 0.2) is 54.3 Å². The van der Waals surface area contributed by atoms with E-state index in [0.29, 0.717) is 5.92 Å². The van der Waals surface area contributed by atoms with Gasteiger partial charge in [0, 0.05) is 17.9 Å². The number of hydrogen-bond acceptors (Lipinski definition) is 2. The van der Waals surface area contributed by atoms with Crippen molar-refractivity contribution >= 4 is 5.57 Å². The predicted octanol–water partition coefficient (Wildman–Crippen LogP) is 3.96. The largest absolute Gasteiger partial charge is 0.497 e. The summed E-state index contributed by atoms with van der Waals surface area (Å²) in [6, 6.07) is 8.30. The maximum Gasteiger partial charge on any atom is 0.126 e. The van der Waals surface area contributed by atoms with Gasteiger partial charge in [-0.2, -0.15) is 0 Å². The molecular formula is C17H18O2. The quantitative estimate of drug-likeness (QED) is 0.795. The summed E-state index contributed by atoms with van der Waals surface area (Å²) >= 11 is 0. The number of rotatable bonds is 2. The van der Waals surface area contributed by atoms with E-state index in [4.69, 9.17) is 9.47 Å². The Kier molecular flexibility index (Phi) is 3.41. The topological polar surface area (TPSA) is 18.5 Å². The van der Waals surface area contributed by atoms with E-state index >= 15 is 0 Å². The predicted molar refractivity (Wildman–Crippen MR) is 76.9 cm³/mol. The number of benzene rings is 1. The van der Waals surface area contributed by atoms with Crippen molar-refractivity contribution in [3.63, 3.8) is 0 Å². The molecule has 0 amide bonds. The van der Waals surface area contributed by atoms with Gasteiger partial charge >= 0.3 is 0 Å². The summed E-state index contributed by atoms with van der Waals surface area (Å²) in [5.41, 5.74) is 2.60. The van der Waals surface area contributed by atoms with Crippen molar-refractivity contribution in [2.45, 2.75) is 12.8 Å². The van der Waals surface area contributed by atoms with Gasteiger partial charge in [-0.05, 0) is 30.2 Å². The van der Waals surface area contributed by atoms with Crippen molar-refractivity contribution in [2.24, 2.45) is 5.92 Å². The molecule has 1 heterocycles. The average Bonchev–Trinajstić information content (AvgIpc) is 2.70. The van der Waals surface area contributed by atoms with Crippen LogP contribution in [-0.2, 0) is 4.74 Å². The van der Waals surface area contributed by atoms with Crippen LogP contribution in [0.25, 0.3) is 5.57 Å². The summed E-state index contributed by atoms with van der Waals surface area (Å²) in [7, 11) is 1.71. The number of fused-ring (bicyclic) bond motifs is 1. The molecule has 2 heteroatoms. The third-order valence-electron chi connectivity index (χ3n) is 3.64. The van der Waals surface area contributed by atoms with Gasteiger partial charge in [-0.1, -0.05) is 30.4 Å². The van der Waals surface area contributed by atoms with E-state index in [1.54, 1.807) is 7.11 Å². The van der Waals surface area contributed by atoms with E-state index in [1.165, 1.54) is 11.1 Å². The van der Waals surface area contributed by atoms with Crippen LogP contribution in [0.3, 0.4) is 0 Å². The van der Waals surface area contributed by atoms with Crippen LogP contribution in [0.4, 0.5) is 0 Å². The van der Waals surface area contributed by atoms with Gasteiger partial charge in [-0.15, -0.1) is 0 Å². The second kappa shape index (κ2) is 5.35. The molecule has 1 unspecified atom stereocenters. The molecule has 1 atom stereocenters. The molecule has 0 spiro atoms. The van der Waals surface area contributed by atoms with Crippen LogP contribution in [0.2, 0.25) is 0 Å². The lowest BCUT2D eigenvalue weighted by Crippen LogP contribution is -2.04. The lowest BCUT2D eigenvalue weighted by atomic mass is 9.86. The van der Waals surface area contributed by atoms with Crippen LogP contribution in [0.5, 0.6) is 5.75 Å². The molecule has 98 valence electrons. The van der Waals surface area contributed by atoms with E-state index in [2.05, 4.69) is 42.5 Å². The monoisotopic (exact) mass is 254 g/mol. The van der Waals surface area contributed by atoms with Gasteiger partial charge in [0.05, 0.1) is 13.7 Å². The van der Waals surface area contributed by atoms with Crippen molar-refractivity contribution in [1.82, 2.24) is 0 Å². The standard InChI is InChI=1S/C17H18O2/c1-18-14-10-8-13(9-11-14)15-6-4-12-19-17-7-3-2-5-16(15)17/h2-3,5-8,10-11,13H,4,9,12H2,1H3. The van der Waals surface area contributed by atoms with Crippen molar-refractivity contribution < 1.29 is 9.47 Å². The van der Waals surface area contributed by atoms with E-state index in [9.17, 15) is 0 Å².